The van der Waals surface area contributed by atoms with Crippen LogP contribution in [0.4, 0.5) is 0 Å². The average molecular weight is 389 g/mol. The van der Waals surface area contributed by atoms with Crippen molar-refractivity contribution in [3.8, 4) is 17.2 Å². The Labute approximate surface area is 170 Å². The van der Waals surface area contributed by atoms with Crippen molar-refractivity contribution in [2.45, 2.75) is 12.5 Å². The first kappa shape index (κ1) is 18.9. The zero-order valence-electron chi connectivity index (χ0n) is 16.3. The molecule has 0 spiro atoms. The Morgan fingerprint density at radius 1 is 0.897 bits per heavy atom. The van der Waals surface area contributed by atoms with Crippen molar-refractivity contribution < 1.29 is 19.0 Å². The fourth-order valence-electron chi connectivity index (χ4n) is 3.32. The first-order valence-corrected chi connectivity index (χ1v) is 9.64. The minimum atomic E-state index is -0.286. The van der Waals surface area contributed by atoms with E-state index >= 15 is 0 Å². The molecule has 0 bridgehead atoms. The van der Waals surface area contributed by atoms with E-state index in [1.54, 1.807) is 25.3 Å². The fourth-order valence-corrected chi connectivity index (χ4v) is 3.32. The number of carbonyl (C=O) groups excluding carboxylic acids is 1. The predicted octanol–water partition coefficient (Wildman–Crippen LogP) is 4.38. The maximum atomic E-state index is 13.1. The van der Waals surface area contributed by atoms with Crippen molar-refractivity contribution in [1.82, 2.24) is 5.32 Å². The van der Waals surface area contributed by atoms with Crippen LogP contribution in [-0.4, -0.2) is 26.2 Å². The molecular weight excluding hydrogens is 366 g/mol. The van der Waals surface area contributed by atoms with Crippen molar-refractivity contribution >= 4 is 5.91 Å². The Morgan fingerprint density at radius 2 is 1.59 bits per heavy atom. The third kappa shape index (κ3) is 4.35. The summed E-state index contributed by atoms with van der Waals surface area (Å²) in [6.07, 6.45) is 0.823. The molecule has 5 nitrogen and oxygen atoms in total. The monoisotopic (exact) mass is 389 g/mol. The summed E-state index contributed by atoms with van der Waals surface area (Å²) in [5, 5.41) is 3.15. The molecular formula is C24H23NO4. The Hall–Kier alpha value is -3.47. The highest BCUT2D eigenvalue weighted by Gasteiger charge is 2.20. The lowest BCUT2D eigenvalue weighted by molar-refractivity contribution is 0.0942. The molecule has 1 amide bonds. The molecule has 3 aromatic carbocycles. The van der Waals surface area contributed by atoms with Gasteiger partial charge in [0.15, 0.2) is 11.5 Å². The quantitative estimate of drug-likeness (QED) is 0.704. The maximum Gasteiger partial charge on any atom is 0.252 e. The van der Waals surface area contributed by atoms with Gasteiger partial charge in [-0.1, -0.05) is 42.5 Å². The van der Waals surface area contributed by atoms with Crippen molar-refractivity contribution in [3.05, 3.63) is 89.5 Å². The molecule has 0 aromatic heterocycles. The van der Waals surface area contributed by atoms with Crippen LogP contribution in [0.3, 0.4) is 0 Å². The fraction of sp³-hybridized carbons (Fsp3) is 0.208. The summed E-state index contributed by atoms with van der Waals surface area (Å²) in [5.74, 6) is 1.88. The Balaban J connectivity index is 1.62. The van der Waals surface area contributed by atoms with Crippen LogP contribution in [0.25, 0.3) is 0 Å². The normalized spacial score (nSPS) is 13.8. The lowest BCUT2D eigenvalue weighted by Gasteiger charge is -2.20. The molecule has 0 saturated carbocycles. The van der Waals surface area contributed by atoms with E-state index in [0.29, 0.717) is 30.3 Å². The molecule has 1 unspecified atom stereocenters. The van der Waals surface area contributed by atoms with Crippen LogP contribution in [0.5, 0.6) is 17.2 Å². The second kappa shape index (κ2) is 8.69. The molecule has 4 rings (SSSR count). The number of hydrogen-bond acceptors (Lipinski definition) is 4. The van der Waals surface area contributed by atoms with E-state index in [9.17, 15) is 4.79 Å². The predicted molar refractivity (Wildman–Crippen MR) is 111 cm³/mol. The molecule has 0 fully saturated rings. The molecule has 1 N–H and O–H groups in total. The molecule has 0 saturated heterocycles. The van der Waals surface area contributed by atoms with Gasteiger partial charge in [0.2, 0.25) is 0 Å². The third-order valence-corrected chi connectivity index (χ3v) is 4.87. The average Bonchev–Trinajstić information content (AvgIpc) is 3.03. The van der Waals surface area contributed by atoms with Crippen LogP contribution in [0.1, 0.15) is 33.9 Å². The highest BCUT2D eigenvalue weighted by Crippen LogP contribution is 2.31. The van der Waals surface area contributed by atoms with Crippen molar-refractivity contribution in [3.63, 3.8) is 0 Å². The molecule has 148 valence electrons. The number of fused-ring (bicyclic) bond motifs is 1. The van der Waals surface area contributed by atoms with Crippen molar-refractivity contribution in [2.75, 3.05) is 20.3 Å². The van der Waals surface area contributed by atoms with Gasteiger partial charge in [-0.15, -0.1) is 0 Å². The largest absolute Gasteiger partial charge is 0.497 e. The summed E-state index contributed by atoms with van der Waals surface area (Å²) in [6, 6.07) is 22.6. The maximum absolute atomic E-state index is 13.1. The molecule has 1 atom stereocenters. The van der Waals surface area contributed by atoms with Crippen LogP contribution < -0.4 is 19.5 Å². The molecule has 1 aliphatic rings. The van der Waals surface area contributed by atoms with Gasteiger partial charge in [0, 0.05) is 12.0 Å². The van der Waals surface area contributed by atoms with E-state index in [-0.39, 0.29) is 11.9 Å². The minimum absolute atomic E-state index is 0.176. The second-order valence-corrected chi connectivity index (χ2v) is 6.80. The van der Waals surface area contributed by atoms with Gasteiger partial charge in [-0.05, 0) is 41.5 Å². The number of nitrogens with one attached hydrogen (secondary N) is 1. The van der Waals surface area contributed by atoms with E-state index in [2.05, 4.69) is 5.32 Å². The topological polar surface area (TPSA) is 56.8 Å². The van der Waals surface area contributed by atoms with E-state index < -0.39 is 0 Å². The first-order valence-electron chi connectivity index (χ1n) is 9.64. The van der Waals surface area contributed by atoms with Gasteiger partial charge < -0.3 is 19.5 Å². The lowest BCUT2D eigenvalue weighted by Crippen LogP contribution is -2.29. The Kier molecular flexibility index (Phi) is 5.66. The van der Waals surface area contributed by atoms with Gasteiger partial charge in [-0.25, -0.2) is 0 Å². The summed E-state index contributed by atoms with van der Waals surface area (Å²) in [7, 11) is 1.63. The highest BCUT2D eigenvalue weighted by molar-refractivity contribution is 5.95. The summed E-state index contributed by atoms with van der Waals surface area (Å²) in [6.45, 7) is 1.20. The molecule has 1 heterocycles. The molecule has 5 heteroatoms. The molecule has 0 radical (unpaired) electrons. The number of rotatable bonds is 5. The summed E-state index contributed by atoms with van der Waals surface area (Å²) >= 11 is 0. The standard InChI is InChI=1S/C24H23NO4/c1-27-20-11-8-18(9-12-20)23(17-6-3-2-4-7-17)25-24(26)19-10-13-21-22(16-19)29-15-5-14-28-21/h2-4,6-13,16,23H,5,14-15H2,1H3,(H,25,26). The molecule has 0 aliphatic carbocycles. The Morgan fingerprint density at radius 3 is 2.31 bits per heavy atom. The lowest BCUT2D eigenvalue weighted by atomic mass is 9.98. The molecule has 1 aliphatic heterocycles. The first-order chi connectivity index (χ1) is 14.2. The smallest absolute Gasteiger partial charge is 0.252 e. The zero-order chi connectivity index (χ0) is 20.1. The number of carbonyl (C=O) groups is 1. The summed E-state index contributed by atoms with van der Waals surface area (Å²) < 4.78 is 16.6. The van der Waals surface area contributed by atoms with Gasteiger partial charge >= 0.3 is 0 Å². The third-order valence-electron chi connectivity index (χ3n) is 4.87. The second-order valence-electron chi connectivity index (χ2n) is 6.80. The summed E-state index contributed by atoms with van der Waals surface area (Å²) in [5.41, 5.74) is 2.50. The van der Waals surface area contributed by atoms with Crippen molar-refractivity contribution in [1.29, 1.82) is 0 Å². The van der Waals surface area contributed by atoms with Gasteiger partial charge in [0.05, 0.1) is 26.4 Å². The van der Waals surface area contributed by atoms with Gasteiger partial charge in [0.1, 0.15) is 5.75 Å². The number of hydrogen-bond donors (Lipinski definition) is 1. The SMILES string of the molecule is COc1ccc(C(NC(=O)c2ccc3c(c2)OCCCO3)c2ccccc2)cc1. The number of ether oxygens (including phenoxy) is 3. The Bertz CT molecular complexity index is 970. The van der Waals surface area contributed by atoms with E-state index in [1.807, 2.05) is 54.6 Å². The van der Waals surface area contributed by atoms with Crippen molar-refractivity contribution in [2.24, 2.45) is 0 Å². The summed E-state index contributed by atoms with van der Waals surface area (Å²) in [4.78, 5) is 13.1. The van der Waals surface area contributed by atoms with Crippen LogP contribution in [0, 0.1) is 0 Å². The zero-order valence-corrected chi connectivity index (χ0v) is 16.3. The number of amides is 1. The van der Waals surface area contributed by atoms with E-state index in [0.717, 1.165) is 23.3 Å². The van der Waals surface area contributed by atoms with Gasteiger partial charge in [-0.2, -0.15) is 0 Å². The highest BCUT2D eigenvalue weighted by atomic mass is 16.5. The van der Waals surface area contributed by atoms with E-state index in [4.69, 9.17) is 14.2 Å². The molecule has 3 aromatic rings. The van der Waals surface area contributed by atoms with Crippen LogP contribution in [-0.2, 0) is 0 Å². The number of benzene rings is 3. The van der Waals surface area contributed by atoms with Gasteiger partial charge in [-0.3, -0.25) is 4.79 Å². The van der Waals surface area contributed by atoms with E-state index in [1.165, 1.54) is 0 Å². The van der Waals surface area contributed by atoms with Crippen LogP contribution in [0.2, 0.25) is 0 Å². The number of methoxy groups -OCH3 is 1. The van der Waals surface area contributed by atoms with Crippen LogP contribution >= 0.6 is 0 Å². The van der Waals surface area contributed by atoms with Crippen LogP contribution in [0.15, 0.2) is 72.8 Å². The minimum Gasteiger partial charge on any atom is -0.497 e. The molecule has 29 heavy (non-hydrogen) atoms. The van der Waals surface area contributed by atoms with Gasteiger partial charge in [0.25, 0.3) is 5.91 Å².